The molecule has 0 atom stereocenters. The van der Waals surface area contributed by atoms with Crippen LogP contribution in [0, 0.1) is 0 Å². The number of carbonyl (C=O) groups is 1. The first-order valence-corrected chi connectivity index (χ1v) is 8.27. The number of nitrogen functional groups attached to an aromatic ring is 1. The standard InChI is InChI=1S/C13H13N5O2S2/c14-18-12(10-4-1-5-20-10)16-17-13(18)22-8-11(19)15-7-9-3-2-6-21-9/h1-6H,7-8,14H2,(H,15,19). The zero-order valence-electron chi connectivity index (χ0n) is 11.4. The van der Waals surface area contributed by atoms with Crippen LogP contribution < -0.4 is 11.2 Å². The minimum Gasteiger partial charge on any atom is -0.461 e. The van der Waals surface area contributed by atoms with Gasteiger partial charge in [0.1, 0.15) is 0 Å². The van der Waals surface area contributed by atoms with Crippen LogP contribution in [0.4, 0.5) is 0 Å². The molecule has 0 saturated carbocycles. The van der Waals surface area contributed by atoms with Crippen LogP contribution in [0.1, 0.15) is 4.88 Å². The maximum absolute atomic E-state index is 11.8. The molecule has 0 bridgehead atoms. The topological polar surface area (TPSA) is 99.0 Å². The van der Waals surface area contributed by atoms with Gasteiger partial charge in [0.15, 0.2) is 5.76 Å². The van der Waals surface area contributed by atoms with Gasteiger partial charge in [0.05, 0.1) is 18.6 Å². The SMILES string of the molecule is Nn1c(SCC(=O)NCc2cccs2)nnc1-c1ccco1. The van der Waals surface area contributed by atoms with E-state index in [4.69, 9.17) is 10.3 Å². The van der Waals surface area contributed by atoms with E-state index >= 15 is 0 Å². The zero-order chi connectivity index (χ0) is 15.4. The van der Waals surface area contributed by atoms with Crippen LogP contribution in [0.2, 0.25) is 0 Å². The highest BCUT2D eigenvalue weighted by atomic mass is 32.2. The van der Waals surface area contributed by atoms with Crippen LogP contribution in [0.15, 0.2) is 45.5 Å². The number of rotatable bonds is 6. The quantitative estimate of drug-likeness (QED) is 0.526. The summed E-state index contributed by atoms with van der Waals surface area (Å²) in [4.78, 5) is 12.9. The van der Waals surface area contributed by atoms with Crippen molar-refractivity contribution in [1.82, 2.24) is 20.2 Å². The summed E-state index contributed by atoms with van der Waals surface area (Å²) >= 11 is 2.83. The predicted molar refractivity (Wildman–Crippen MR) is 84.8 cm³/mol. The Morgan fingerprint density at radius 3 is 3.05 bits per heavy atom. The molecule has 1 amide bonds. The minimum atomic E-state index is -0.0825. The van der Waals surface area contributed by atoms with E-state index in [1.165, 1.54) is 22.7 Å². The summed E-state index contributed by atoms with van der Waals surface area (Å²) in [7, 11) is 0. The Balaban J connectivity index is 1.54. The van der Waals surface area contributed by atoms with E-state index in [2.05, 4.69) is 15.5 Å². The Hall–Kier alpha value is -2.26. The van der Waals surface area contributed by atoms with Crippen molar-refractivity contribution in [3.63, 3.8) is 0 Å². The van der Waals surface area contributed by atoms with Gasteiger partial charge in [-0.05, 0) is 23.6 Å². The van der Waals surface area contributed by atoms with Gasteiger partial charge in [0.25, 0.3) is 0 Å². The van der Waals surface area contributed by atoms with Crippen LogP contribution in [0.5, 0.6) is 0 Å². The number of hydrogen-bond acceptors (Lipinski definition) is 7. The second-order valence-electron chi connectivity index (χ2n) is 4.30. The molecular weight excluding hydrogens is 322 g/mol. The fourth-order valence-electron chi connectivity index (χ4n) is 1.73. The molecule has 0 aliphatic rings. The first-order chi connectivity index (χ1) is 10.7. The second-order valence-corrected chi connectivity index (χ2v) is 6.27. The van der Waals surface area contributed by atoms with Crippen molar-refractivity contribution in [3.05, 3.63) is 40.8 Å². The van der Waals surface area contributed by atoms with Crippen molar-refractivity contribution in [3.8, 4) is 11.6 Å². The minimum absolute atomic E-state index is 0.0825. The normalized spacial score (nSPS) is 10.7. The van der Waals surface area contributed by atoms with Crippen LogP contribution in [0.25, 0.3) is 11.6 Å². The third-order valence-corrected chi connectivity index (χ3v) is 4.60. The summed E-state index contributed by atoms with van der Waals surface area (Å²) in [6, 6.07) is 7.42. The number of aromatic nitrogens is 3. The van der Waals surface area contributed by atoms with Crippen molar-refractivity contribution in [1.29, 1.82) is 0 Å². The van der Waals surface area contributed by atoms with E-state index in [0.29, 0.717) is 23.3 Å². The molecule has 0 saturated heterocycles. The van der Waals surface area contributed by atoms with Gasteiger partial charge in [-0.1, -0.05) is 17.8 Å². The molecule has 3 aromatic rings. The van der Waals surface area contributed by atoms with Crippen LogP contribution in [-0.4, -0.2) is 26.5 Å². The van der Waals surface area contributed by atoms with E-state index in [9.17, 15) is 4.79 Å². The van der Waals surface area contributed by atoms with Crippen molar-refractivity contribution in [2.75, 3.05) is 11.6 Å². The van der Waals surface area contributed by atoms with Gasteiger partial charge in [-0.2, -0.15) is 0 Å². The smallest absolute Gasteiger partial charge is 0.230 e. The number of nitrogens with two attached hydrogens (primary N) is 1. The molecule has 9 heteroatoms. The fraction of sp³-hybridized carbons (Fsp3) is 0.154. The molecule has 22 heavy (non-hydrogen) atoms. The highest BCUT2D eigenvalue weighted by molar-refractivity contribution is 7.99. The number of carbonyl (C=O) groups excluding carboxylic acids is 1. The van der Waals surface area contributed by atoms with E-state index < -0.39 is 0 Å². The number of furan rings is 1. The summed E-state index contributed by atoms with van der Waals surface area (Å²) in [5, 5.41) is 13.2. The Kier molecular flexibility index (Phi) is 4.45. The molecular formula is C13H13N5O2S2. The first-order valence-electron chi connectivity index (χ1n) is 6.40. The Labute approximate surface area is 134 Å². The summed E-state index contributed by atoms with van der Waals surface area (Å²) < 4.78 is 6.54. The second kappa shape index (κ2) is 6.67. The van der Waals surface area contributed by atoms with Crippen molar-refractivity contribution in [2.24, 2.45) is 0 Å². The molecule has 0 aromatic carbocycles. The highest BCUT2D eigenvalue weighted by Crippen LogP contribution is 2.21. The van der Waals surface area contributed by atoms with E-state index in [0.717, 1.165) is 4.88 Å². The molecule has 3 heterocycles. The third kappa shape index (κ3) is 3.31. The lowest BCUT2D eigenvalue weighted by Crippen LogP contribution is -2.24. The maximum Gasteiger partial charge on any atom is 0.230 e. The van der Waals surface area contributed by atoms with Crippen LogP contribution >= 0.6 is 23.1 Å². The molecule has 0 fully saturated rings. The lowest BCUT2D eigenvalue weighted by Gasteiger charge is -2.03. The monoisotopic (exact) mass is 335 g/mol. The van der Waals surface area contributed by atoms with Gasteiger partial charge in [-0.25, -0.2) is 4.68 Å². The van der Waals surface area contributed by atoms with Gasteiger partial charge in [-0.15, -0.1) is 21.5 Å². The Morgan fingerprint density at radius 2 is 2.32 bits per heavy atom. The first kappa shape index (κ1) is 14.7. The number of thiophene rings is 1. The fourth-order valence-corrected chi connectivity index (χ4v) is 3.06. The number of hydrogen-bond donors (Lipinski definition) is 2. The Bertz CT molecular complexity index is 737. The molecule has 0 aliphatic carbocycles. The lowest BCUT2D eigenvalue weighted by atomic mass is 10.4. The molecule has 3 N–H and O–H groups in total. The van der Waals surface area contributed by atoms with Gasteiger partial charge in [0.2, 0.25) is 16.9 Å². The molecule has 7 nitrogen and oxygen atoms in total. The van der Waals surface area contributed by atoms with Crippen LogP contribution in [-0.2, 0) is 11.3 Å². The maximum atomic E-state index is 11.8. The van der Waals surface area contributed by atoms with Crippen molar-refractivity contribution in [2.45, 2.75) is 11.7 Å². The molecule has 3 aromatic heterocycles. The van der Waals surface area contributed by atoms with Gasteiger partial charge >= 0.3 is 0 Å². The third-order valence-electron chi connectivity index (χ3n) is 2.78. The summed E-state index contributed by atoms with van der Waals surface area (Å²) in [5.74, 6) is 7.01. The molecule has 0 aliphatic heterocycles. The van der Waals surface area contributed by atoms with Crippen molar-refractivity contribution < 1.29 is 9.21 Å². The summed E-state index contributed by atoms with van der Waals surface area (Å²) in [6.07, 6.45) is 1.54. The molecule has 114 valence electrons. The highest BCUT2D eigenvalue weighted by Gasteiger charge is 2.15. The van der Waals surface area contributed by atoms with Gasteiger partial charge in [-0.3, -0.25) is 4.79 Å². The van der Waals surface area contributed by atoms with E-state index in [-0.39, 0.29) is 11.7 Å². The van der Waals surface area contributed by atoms with Gasteiger partial charge in [0, 0.05) is 4.88 Å². The summed E-state index contributed by atoms with van der Waals surface area (Å²) in [5.41, 5.74) is 0. The molecule has 0 spiro atoms. The summed E-state index contributed by atoms with van der Waals surface area (Å²) in [6.45, 7) is 0.532. The van der Waals surface area contributed by atoms with Crippen LogP contribution in [0.3, 0.4) is 0 Å². The van der Waals surface area contributed by atoms with Gasteiger partial charge < -0.3 is 15.6 Å². The van der Waals surface area contributed by atoms with E-state index in [1.807, 2.05) is 17.5 Å². The molecule has 3 rings (SSSR count). The number of thioether (sulfide) groups is 1. The average Bonchev–Trinajstić information content (AvgIpc) is 3.25. The number of nitrogens with zero attached hydrogens (tertiary/aromatic N) is 3. The van der Waals surface area contributed by atoms with E-state index in [1.54, 1.807) is 23.5 Å². The molecule has 0 unspecified atom stereocenters. The van der Waals surface area contributed by atoms with Crippen molar-refractivity contribution >= 4 is 29.0 Å². The largest absolute Gasteiger partial charge is 0.461 e. The lowest BCUT2D eigenvalue weighted by molar-refractivity contribution is -0.118. The zero-order valence-corrected chi connectivity index (χ0v) is 13.1. The molecule has 0 radical (unpaired) electrons. The predicted octanol–water partition coefficient (Wildman–Crippen LogP) is 1.72. The average molecular weight is 335 g/mol. The number of amides is 1. The number of nitrogens with one attached hydrogen (secondary N) is 1. The Morgan fingerprint density at radius 1 is 1.41 bits per heavy atom.